The van der Waals surface area contributed by atoms with Gasteiger partial charge in [-0.25, -0.2) is 9.78 Å². The van der Waals surface area contributed by atoms with Crippen molar-refractivity contribution in [2.45, 2.75) is 57.4 Å². The van der Waals surface area contributed by atoms with Crippen LogP contribution in [-0.2, 0) is 16.1 Å². The number of fused-ring (bicyclic) bond motifs is 1. The quantitative estimate of drug-likeness (QED) is 0.801. The van der Waals surface area contributed by atoms with Crippen molar-refractivity contribution in [3.63, 3.8) is 0 Å². The summed E-state index contributed by atoms with van der Waals surface area (Å²) in [4.78, 5) is 29.9. The smallest absolute Gasteiger partial charge is 0.475 e. The predicted molar refractivity (Wildman–Crippen MR) is 95.7 cm³/mol. The first-order valence-electron chi connectivity index (χ1n) is 9.79. The van der Waals surface area contributed by atoms with Crippen LogP contribution in [0.4, 0.5) is 13.2 Å². The number of alkyl halides is 3. The fourth-order valence-corrected chi connectivity index (χ4v) is 4.45. The summed E-state index contributed by atoms with van der Waals surface area (Å²) in [6, 6.07) is 0.705. The number of carboxylic acids is 1. The number of amides is 1. The Balaban J connectivity index is 0.000000298. The second-order valence-electron chi connectivity index (χ2n) is 8.06. The molecule has 1 aromatic rings. The maximum atomic E-state index is 12.2. The average molecular weight is 417 g/mol. The Bertz CT molecular complexity index is 708. The second kappa shape index (κ2) is 8.68. The zero-order chi connectivity index (χ0) is 21.2. The third-order valence-corrected chi connectivity index (χ3v) is 5.79. The molecule has 3 heterocycles. The van der Waals surface area contributed by atoms with E-state index in [4.69, 9.17) is 9.90 Å². The summed E-state index contributed by atoms with van der Waals surface area (Å²) in [5, 5.41) is 11.3. The number of carbonyl (C=O) groups excluding carboxylic acids is 1. The van der Waals surface area contributed by atoms with Crippen LogP contribution in [0, 0.1) is 11.8 Å². The molecule has 1 amide bonds. The highest BCUT2D eigenvalue weighted by molar-refractivity contribution is 5.74. The van der Waals surface area contributed by atoms with Gasteiger partial charge in [-0.3, -0.25) is 9.48 Å². The van der Waals surface area contributed by atoms with Gasteiger partial charge in [-0.15, -0.1) is 0 Å². The molecule has 0 unspecified atom stereocenters. The van der Waals surface area contributed by atoms with Gasteiger partial charge in [0, 0.05) is 32.6 Å². The van der Waals surface area contributed by atoms with E-state index in [1.165, 1.54) is 25.9 Å². The summed E-state index contributed by atoms with van der Waals surface area (Å²) in [5.74, 6) is -0.960. The van der Waals surface area contributed by atoms with E-state index in [-0.39, 0.29) is 11.9 Å². The number of hydrogen-bond donors (Lipinski definition) is 1. The summed E-state index contributed by atoms with van der Waals surface area (Å²) in [7, 11) is 0. The van der Waals surface area contributed by atoms with E-state index in [0.29, 0.717) is 12.0 Å². The van der Waals surface area contributed by atoms with Crippen LogP contribution in [0.15, 0.2) is 12.7 Å². The lowest BCUT2D eigenvalue weighted by molar-refractivity contribution is -0.192. The lowest BCUT2D eigenvalue weighted by atomic mass is 9.92. The van der Waals surface area contributed by atoms with Crippen molar-refractivity contribution in [3.05, 3.63) is 12.7 Å². The molecule has 11 heteroatoms. The fraction of sp³-hybridized carbons (Fsp3) is 0.778. The molecule has 0 bridgehead atoms. The van der Waals surface area contributed by atoms with Crippen LogP contribution in [0.25, 0.3) is 0 Å². The third-order valence-electron chi connectivity index (χ3n) is 5.79. The van der Waals surface area contributed by atoms with Gasteiger partial charge in [0.2, 0.25) is 5.91 Å². The normalized spacial score (nSPS) is 27.2. The number of aliphatic carboxylic acids is 1. The minimum Gasteiger partial charge on any atom is -0.475 e. The van der Waals surface area contributed by atoms with E-state index in [9.17, 15) is 18.0 Å². The monoisotopic (exact) mass is 417 g/mol. The van der Waals surface area contributed by atoms with E-state index < -0.39 is 12.1 Å². The average Bonchev–Trinajstić information content (AvgIpc) is 3.15. The number of hydrogen-bond acceptors (Lipinski definition) is 5. The Morgan fingerprint density at radius 1 is 1.21 bits per heavy atom. The van der Waals surface area contributed by atoms with Crippen molar-refractivity contribution in [1.29, 1.82) is 0 Å². The van der Waals surface area contributed by atoms with Gasteiger partial charge in [0.1, 0.15) is 12.7 Å². The van der Waals surface area contributed by atoms with Gasteiger partial charge in [0.15, 0.2) is 0 Å². The Morgan fingerprint density at radius 3 is 2.41 bits per heavy atom. The van der Waals surface area contributed by atoms with E-state index in [2.05, 4.69) is 19.9 Å². The Morgan fingerprint density at radius 2 is 1.90 bits per heavy atom. The molecule has 162 valence electrons. The first-order chi connectivity index (χ1) is 13.6. The molecular formula is C18H26F3N5O3. The molecule has 3 fully saturated rings. The predicted octanol–water partition coefficient (Wildman–Crippen LogP) is 1.63. The van der Waals surface area contributed by atoms with Crippen molar-refractivity contribution >= 4 is 11.9 Å². The van der Waals surface area contributed by atoms with Crippen LogP contribution in [-0.4, -0.2) is 79.4 Å². The van der Waals surface area contributed by atoms with Gasteiger partial charge in [0.05, 0.1) is 12.6 Å². The van der Waals surface area contributed by atoms with Crippen molar-refractivity contribution in [2.75, 3.05) is 19.6 Å². The molecule has 29 heavy (non-hydrogen) atoms. The maximum Gasteiger partial charge on any atom is 0.490 e. The minimum atomic E-state index is -5.08. The van der Waals surface area contributed by atoms with Crippen LogP contribution in [0.5, 0.6) is 0 Å². The number of likely N-dealkylation sites (tertiary alicyclic amines) is 2. The lowest BCUT2D eigenvalue weighted by Crippen LogP contribution is -2.49. The van der Waals surface area contributed by atoms with Gasteiger partial charge in [-0.2, -0.15) is 18.3 Å². The highest BCUT2D eigenvalue weighted by Crippen LogP contribution is 2.38. The molecule has 1 aliphatic carbocycles. The molecule has 2 saturated heterocycles. The van der Waals surface area contributed by atoms with Crippen molar-refractivity contribution in [1.82, 2.24) is 24.6 Å². The fourth-order valence-electron chi connectivity index (χ4n) is 4.45. The molecule has 1 saturated carbocycles. The van der Waals surface area contributed by atoms with E-state index >= 15 is 0 Å². The molecule has 2 aliphatic heterocycles. The van der Waals surface area contributed by atoms with Crippen molar-refractivity contribution < 1.29 is 27.9 Å². The molecule has 8 nitrogen and oxygen atoms in total. The molecule has 0 radical (unpaired) electrons. The number of rotatable bonds is 4. The Labute approximate surface area is 166 Å². The number of halogens is 3. The maximum absolute atomic E-state index is 12.2. The summed E-state index contributed by atoms with van der Waals surface area (Å²) >= 11 is 0. The Kier molecular flexibility index (Phi) is 6.45. The first-order valence-corrected chi connectivity index (χ1v) is 9.79. The van der Waals surface area contributed by atoms with Gasteiger partial charge < -0.3 is 14.9 Å². The first kappa shape index (κ1) is 21.5. The highest BCUT2D eigenvalue weighted by atomic mass is 19.4. The number of nitrogens with zero attached hydrogens (tertiary/aromatic N) is 5. The molecule has 0 aromatic carbocycles. The molecule has 4 rings (SSSR count). The number of aromatic nitrogens is 3. The van der Waals surface area contributed by atoms with Crippen LogP contribution in [0.1, 0.15) is 32.6 Å². The van der Waals surface area contributed by atoms with Crippen molar-refractivity contribution in [2.24, 2.45) is 11.8 Å². The molecular weight excluding hydrogens is 391 g/mol. The van der Waals surface area contributed by atoms with Gasteiger partial charge in [-0.05, 0) is 37.5 Å². The van der Waals surface area contributed by atoms with Crippen LogP contribution in [0.2, 0.25) is 0 Å². The molecule has 3 aliphatic rings. The van der Waals surface area contributed by atoms with Gasteiger partial charge >= 0.3 is 12.1 Å². The summed E-state index contributed by atoms with van der Waals surface area (Å²) in [5.41, 5.74) is 0. The Hall–Kier alpha value is -2.17. The third kappa shape index (κ3) is 5.68. The standard InChI is InChI=1S/C16H25N5O.C2HF3O2/c1-12(22)21-15(9-20-11-17-10-18-20)6-14-8-19(5-4-16(14)21)7-13-2-3-13;3-2(4,5)1(6)7/h10-11,13-16H,2-9H2,1H3;(H,6,7)/t14-,15+,16+;/m1./s1. The minimum absolute atomic E-state index is 0.216. The highest BCUT2D eigenvalue weighted by Gasteiger charge is 2.45. The summed E-state index contributed by atoms with van der Waals surface area (Å²) in [6.07, 6.45) is 3.30. The van der Waals surface area contributed by atoms with Crippen LogP contribution in [0.3, 0.4) is 0 Å². The molecule has 3 atom stereocenters. The van der Waals surface area contributed by atoms with Crippen LogP contribution >= 0.6 is 0 Å². The number of carboxylic acid groups (broad SMARTS) is 1. The zero-order valence-electron chi connectivity index (χ0n) is 16.3. The molecule has 0 spiro atoms. The summed E-state index contributed by atoms with van der Waals surface area (Å²) in [6.45, 7) is 6.08. The largest absolute Gasteiger partial charge is 0.490 e. The number of carbonyl (C=O) groups is 2. The SMILES string of the molecule is CC(=O)N1[C@H](Cn2cncn2)C[C@@H]2CN(CC3CC3)CC[C@@H]21.O=C(O)C(F)(F)F. The molecule has 1 N–H and O–H groups in total. The van der Waals surface area contributed by atoms with E-state index in [1.807, 2.05) is 4.68 Å². The topological polar surface area (TPSA) is 91.6 Å². The summed E-state index contributed by atoms with van der Waals surface area (Å²) < 4.78 is 33.6. The lowest BCUT2D eigenvalue weighted by Gasteiger charge is -2.38. The zero-order valence-corrected chi connectivity index (χ0v) is 16.3. The van der Waals surface area contributed by atoms with E-state index in [1.54, 1.807) is 19.6 Å². The van der Waals surface area contributed by atoms with Crippen molar-refractivity contribution in [3.8, 4) is 0 Å². The molecule has 1 aromatic heterocycles. The van der Waals surface area contributed by atoms with Crippen LogP contribution < -0.4 is 0 Å². The van der Waals surface area contributed by atoms with E-state index in [0.717, 1.165) is 31.8 Å². The van der Waals surface area contributed by atoms with Gasteiger partial charge in [0.25, 0.3) is 0 Å². The second-order valence-corrected chi connectivity index (χ2v) is 8.06. The van der Waals surface area contributed by atoms with Gasteiger partial charge in [-0.1, -0.05) is 0 Å². The number of piperidine rings is 1.